The Morgan fingerprint density at radius 3 is 2.76 bits per heavy atom. The SMILES string of the molecule is CCCCCC(=O)OCc1ccccc1-c1nc(-c2cccc(OCC)c2)n[nH]1. The first-order chi connectivity index (χ1) is 14.2. The number of unbranched alkanes of at least 4 members (excludes halogenated alkanes) is 2. The van der Waals surface area contributed by atoms with Gasteiger partial charge in [0.1, 0.15) is 12.4 Å². The third kappa shape index (κ3) is 5.67. The van der Waals surface area contributed by atoms with Gasteiger partial charge in [0.15, 0.2) is 11.6 Å². The third-order valence-electron chi connectivity index (χ3n) is 4.53. The molecular formula is C23H27N3O3. The van der Waals surface area contributed by atoms with Gasteiger partial charge in [-0.15, -0.1) is 0 Å². The Kier molecular flexibility index (Phi) is 7.39. The van der Waals surface area contributed by atoms with Crippen LogP contribution in [0, 0.1) is 0 Å². The molecule has 6 heteroatoms. The van der Waals surface area contributed by atoms with Crippen molar-refractivity contribution in [3.63, 3.8) is 0 Å². The third-order valence-corrected chi connectivity index (χ3v) is 4.53. The maximum atomic E-state index is 11.9. The first-order valence-electron chi connectivity index (χ1n) is 10.1. The van der Waals surface area contributed by atoms with Crippen LogP contribution in [0.25, 0.3) is 22.8 Å². The Morgan fingerprint density at radius 1 is 1.07 bits per heavy atom. The van der Waals surface area contributed by atoms with E-state index < -0.39 is 0 Å². The second kappa shape index (κ2) is 10.4. The molecule has 0 bridgehead atoms. The lowest BCUT2D eigenvalue weighted by atomic mass is 10.1. The minimum Gasteiger partial charge on any atom is -0.494 e. The van der Waals surface area contributed by atoms with E-state index in [1.165, 1.54) is 0 Å². The maximum Gasteiger partial charge on any atom is 0.306 e. The van der Waals surface area contributed by atoms with Gasteiger partial charge in [-0.1, -0.05) is 56.2 Å². The minimum absolute atomic E-state index is 0.167. The van der Waals surface area contributed by atoms with Crippen LogP contribution in [0.1, 0.15) is 45.1 Å². The normalized spacial score (nSPS) is 10.7. The van der Waals surface area contributed by atoms with E-state index in [-0.39, 0.29) is 12.6 Å². The number of benzene rings is 2. The number of carbonyl (C=O) groups excluding carboxylic acids is 1. The number of esters is 1. The number of H-pyrrole nitrogens is 1. The van der Waals surface area contributed by atoms with Crippen molar-refractivity contribution in [2.45, 2.75) is 46.1 Å². The average molecular weight is 393 g/mol. The smallest absolute Gasteiger partial charge is 0.306 e. The summed E-state index contributed by atoms with van der Waals surface area (Å²) in [6.45, 7) is 4.88. The predicted octanol–water partition coefficient (Wildman–Crippen LogP) is 5.16. The molecule has 0 saturated carbocycles. The van der Waals surface area contributed by atoms with Crippen molar-refractivity contribution in [3.05, 3.63) is 54.1 Å². The number of nitrogens with one attached hydrogen (secondary N) is 1. The summed E-state index contributed by atoms with van der Waals surface area (Å²) in [5.41, 5.74) is 2.63. The fourth-order valence-electron chi connectivity index (χ4n) is 3.03. The summed E-state index contributed by atoms with van der Waals surface area (Å²) >= 11 is 0. The van der Waals surface area contributed by atoms with Gasteiger partial charge >= 0.3 is 5.97 Å². The van der Waals surface area contributed by atoms with Gasteiger partial charge in [-0.2, -0.15) is 5.10 Å². The van der Waals surface area contributed by atoms with Crippen LogP contribution in [-0.2, 0) is 16.1 Å². The summed E-state index contributed by atoms with van der Waals surface area (Å²) in [5, 5.41) is 7.35. The molecule has 1 aromatic heterocycles. The zero-order chi connectivity index (χ0) is 20.5. The molecule has 6 nitrogen and oxygen atoms in total. The Balaban J connectivity index is 1.73. The molecule has 0 fully saturated rings. The largest absolute Gasteiger partial charge is 0.494 e. The number of carbonyl (C=O) groups is 1. The van der Waals surface area contributed by atoms with E-state index in [0.29, 0.717) is 24.7 Å². The van der Waals surface area contributed by atoms with Gasteiger partial charge in [0.05, 0.1) is 6.61 Å². The molecule has 0 aliphatic heterocycles. The van der Waals surface area contributed by atoms with E-state index in [0.717, 1.165) is 41.7 Å². The zero-order valence-corrected chi connectivity index (χ0v) is 17.0. The molecule has 1 heterocycles. The molecule has 0 amide bonds. The molecule has 152 valence electrons. The topological polar surface area (TPSA) is 77.1 Å². The van der Waals surface area contributed by atoms with Crippen molar-refractivity contribution in [1.29, 1.82) is 0 Å². The standard InChI is InChI=1S/C23H27N3O3/c1-3-5-6-14-21(27)29-16-18-10-7-8-13-20(18)23-24-22(25-26-23)17-11-9-12-19(15-17)28-4-2/h7-13,15H,3-6,14,16H2,1-2H3,(H,24,25,26). The lowest BCUT2D eigenvalue weighted by Gasteiger charge is -2.08. The molecule has 0 atom stereocenters. The van der Waals surface area contributed by atoms with Crippen LogP contribution in [0.4, 0.5) is 0 Å². The van der Waals surface area contributed by atoms with Gasteiger partial charge in [-0.3, -0.25) is 9.89 Å². The van der Waals surface area contributed by atoms with Crippen LogP contribution >= 0.6 is 0 Å². The van der Waals surface area contributed by atoms with Crippen LogP contribution < -0.4 is 4.74 Å². The van der Waals surface area contributed by atoms with Crippen molar-refractivity contribution in [2.24, 2.45) is 0 Å². The Labute approximate surface area is 171 Å². The highest BCUT2D eigenvalue weighted by Crippen LogP contribution is 2.25. The van der Waals surface area contributed by atoms with Crippen LogP contribution in [0.15, 0.2) is 48.5 Å². The number of ether oxygens (including phenoxy) is 2. The zero-order valence-electron chi connectivity index (χ0n) is 17.0. The van der Waals surface area contributed by atoms with Crippen LogP contribution in [0.2, 0.25) is 0 Å². The molecule has 1 N–H and O–H groups in total. The second-order valence-electron chi connectivity index (χ2n) is 6.74. The molecular weight excluding hydrogens is 366 g/mol. The second-order valence-corrected chi connectivity index (χ2v) is 6.74. The first-order valence-corrected chi connectivity index (χ1v) is 10.1. The van der Waals surface area contributed by atoms with Crippen molar-refractivity contribution in [2.75, 3.05) is 6.61 Å². The fourth-order valence-corrected chi connectivity index (χ4v) is 3.03. The molecule has 2 aromatic carbocycles. The van der Waals surface area contributed by atoms with E-state index in [1.807, 2.05) is 55.5 Å². The lowest BCUT2D eigenvalue weighted by molar-refractivity contribution is -0.145. The van der Waals surface area contributed by atoms with Gasteiger partial charge < -0.3 is 9.47 Å². The van der Waals surface area contributed by atoms with Crippen LogP contribution in [0.5, 0.6) is 5.75 Å². The van der Waals surface area contributed by atoms with E-state index in [4.69, 9.17) is 9.47 Å². The van der Waals surface area contributed by atoms with Gasteiger partial charge in [-0.25, -0.2) is 4.98 Å². The first kappa shape index (κ1) is 20.6. The number of nitrogens with zero attached hydrogens (tertiary/aromatic N) is 2. The van der Waals surface area contributed by atoms with Gasteiger partial charge in [0.25, 0.3) is 0 Å². The molecule has 0 saturated heterocycles. The summed E-state index contributed by atoms with van der Waals surface area (Å²) in [6, 6.07) is 15.4. The Hall–Kier alpha value is -3.15. The van der Waals surface area contributed by atoms with Crippen molar-refractivity contribution in [3.8, 4) is 28.5 Å². The molecule has 3 rings (SSSR count). The summed E-state index contributed by atoms with van der Waals surface area (Å²) < 4.78 is 11.0. The van der Waals surface area contributed by atoms with E-state index in [1.54, 1.807) is 0 Å². The average Bonchev–Trinajstić information content (AvgIpc) is 3.23. The van der Waals surface area contributed by atoms with Crippen LogP contribution in [-0.4, -0.2) is 27.8 Å². The summed E-state index contributed by atoms with van der Waals surface area (Å²) in [7, 11) is 0. The highest BCUT2D eigenvalue weighted by molar-refractivity contribution is 5.70. The van der Waals surface area contributed by atoms with Gasteiger partial charge in [0, 0.05) is 23.1 Å². The number of hydrogen-bond acceptors (Lipinski definition) is 5. The summed E-state index contributed by atoms with van der Waals surface area (Å²) in [5.74, 6) is 1.85. The molecule has 0 aliphatic carbocycles. The van der Waals surface area contributed by atoms with Crippen molar-refractivity contribution >= 4 is 5.97 Å². The molecule has 0 unspecified atom stereocenters. The summed E-state index contributed by atoms with van der Waals surface area (Å²) in [6.07, 6.45) is 3.44. The fraction of sp³-hybridized carbons (Fsp3) is 0.348. The molecule has 0 radical (unpaired) electrons. The Morgan fingerprint density at radius 2 is 1.93 bits per heavy atom. The monoisotopic (exact) mass is 393 g/mol. The number of aromatic nitrogens is 3. The molecule has 0 aliphatic rings. The van der Waals surface area contributed by atoms with E-state index in [9.17, 15) is 4.79 Å². The quantitative estimate of drug-likeness (QED) is 0.380. The lowest BCUT2D eigenvalue weighted by Crippen LogP contribution is -2.05. The van der Waals surface area contributed by atoms with E-state index >= 15 is 0 Å². The van der Waals surface area contributed by atoms with E-state index in [2.05, 4.69) is 22.1 Å². The van der Waals surface area contributed by atoms with Crippen molar-refractivity contribution in [1.82, 2.24) is 15.2 Å². The number of rotatable bonds is 10. The minimum atomic E-state index is -0.167. The maximum absolute atomic E-state index is 11.9. The molecule has 29 heavy (non-hydrogen) atoms. The number of hydrogen-bond donors (Lipinski definition) is 1. The highest BCUT2D eigenvalue weighted by Gasteiger charge is 2.13. The van der Waals surface area contributed by atoms with Crippen molar-refractivity contribution < 1.29 is 14.3 Å². The van der Waals surface area contributed by atoms with Crippen LogP contribution in [0.3, 0.4) is 0 Å². The molecule has 0 spiro atoms. The van der Waals surface area contributed by atoms with Gasteiger partial charge in [0.2, 0.25) is 0 Å². The van der Waals surface area contributed by atoms with Gasteiger partial charge in [-0.05, 0) is 25.5 Å². The highest BCUT2D eigenvalue weighted by atomic mass is 16.5. The Bertz CT molecular complexity index is 936. The summed E-state index contributed by atoms with van der Waals surface area (Å²) in [4.78, 5) is 16.6. The number of aromatic amines is 1. The molecule has 3 aromatic rings. The predicted molar refractivity (Wildman–Crippen MR) is 112 cm³/mol.